The quantitative estimate of drug-likeness (QED) is 0.325. The van der Waals surface area contributed by atoms with Crippen molar-refractivity contribution in [3.05, 3.63) is 92.7 Å². The highest BCUT2D eigenvalue weighted by molar-refractivity contribution is 6.36. The minimum Gasteiger partial charge on any atom is -0.487 e. The van der Waals surface area contributed by atoms with E-state index >= 15 is 0 Å². The molecule has 148 valence electrons. The summed E-state index contributed by atoms with van der Waals surface area (Å²) in [5.74, 6) is 0.887. The van der Waals surface area contributed by atoms with Gasteiger partial charge in [0.2, 0.25) is 0 Å². The van der Waals surface area contributed by atoms with Crippen molar-refractivity contribution in [2.45, 2.75) is 6.61 Å². The minimum atomic E-state index is 0.284. The second-order valence-electron chi connectivity index (χ2n) is 6.49. The van der Waals surface area contributed by atoms with Gasteiger partial charge in [-0.25, -0.2) is 4.98 Å². The molecule has 0 radical (unpaired) electrons. The normalized spacial score (nSPS) is 11.5. The van der Waals surface area contributed by atoms with Crippen LogP contribution >= 0.6 is 34.8 Å². The SMILES string of the molecule is N#C/C(=C\c1cc(Cl)cc(Cl)c1OCc1ccc(Cl)cc1)c1nc2ccccc2[nH]1. The van der Waals surface area contributed by atoms with Crippen LogP contribution in [-0.2, 0) is 6.61 Å². The fourth-order valence-corrected chi connectivity index (χ4v) is 3.66. The maximum absolute atomic E-state index is 9.73. The fraction of sp³-hybridized carbons (Fsp3) is 0.0435. The van der Waals surface area contributed by atoms with Crippen LogP contribution in [0.3, 0.4) is 0 Å². The van der Waals surface area contributed by atoms with Gasteiger partial charge in [-0.1, -0.05) is 59.1 Å². The van der Waals surface area contributed by atoms with Crippen LogP contribution in [-0.4, -0.2) is 9.97 Å². The second kappa shape index (κ2) is 8.81. The zero-order valence-corrected chi connectivity index (χ0v) is 17.8. The number of halogens is 3. The van der Waals surface area contributed by atoms with E-state index in [1.54, 1.807) is 30.3 Å². The summed E-state index contributed by atoms with van der Waals surface area (Å²) in [5, 5.41) is 11.2. The smallest absolute Gasteiger partial charge is 0.149 e. The van der Waals surface area contributed by atoms with Gasteiger partial charge in [0.25, 0.3) is 0 Å². The highest BCUT2D eigenvalue weighted by Crippen LogP contribution is 2.35. The number of nitriles is 1. The maximum Gasteiger partial charge on any atom is 0.149 e. The van der Waals surface area contributed by atoms with Crippen molar-refractivity contribution in [3.8, 4) is 11.8 Å². The highest BCUT2D eigenvalue weighted by atomic mass is 35.5. The van der Waals surface area contributed by atoms with Crippen molar-refractivity contribution < 1.29 is 4.74 Å². The number of hydrogen-bond donors (Lipinski definition) is 1. The van der Waals surface area contributed by atoms with Gasteiger partial charge in [-0.05, 0) is 48.0 Å². The van der Waals surface area contributed by atoms with Crippen molar-refractivity contribution in [3.63, 3.8) is 0 Å². The van der Waals surface area contributed by atoms with Crippen molar-refractivity contribution in [2.24, 2.45) is 0 Å². The standard InChI is InChI=1S/C23H14Cl3N3O/c24-17-7-5-14(6-8-17)13-30-22-15(10-18(25)11-19(22)26)9-16(12-27)23-28-20-3-1-2-4-21(20)29-23/h1-11H,13H2,(H,28,29)/b16-9+. The molecule has 30 heavy (non-hydrogen) atoms. The molecule has 1 N–H and O–H groups in total. The zero-order chi connectivity index (χ0) is 21.1. The van der Waals surface area contributed by atoms with Gasteiger partial charge < -0.3 is 9.72 Å². The molecule has 0 unspecified atom stereocenters. The van der Waals surface area contributed by atoms with Gasteiger partial charge in [-0.3, -0.25) is 0 Å². The van der Waals surface area contributed by atoms with E-state index in [-0.39, 0.29) is 6.61 Å². The number of nitrogens with one attached hydrogen (secondary N) is 1. The Hall–Kier alpha value is -2.97. The minimum absolute atomic E-state index is 0.284. The predicted molar refractivity (Wildman–Crippen MR) is 122 cm³/mol. The molecule has 0 amide bonds. The summed E-state index contributed by atoms with van der Waals surface area (Å²) < 4.78 is 5.97. The molecule has 0 atom stereocenters. The first-order valence-electron chi connectivity index (χ1n) is 8.96. The molecule has 0 saturated heterocycles. The van der Waals surface area contributed by atoms with E-state index in [1.165, 1.54) is 0 Å². The summed E-state index contributed by atoms with van der Waals surface area (Å²) >= 11 is 18.5. The van der Waals surface area contributed by atoms with Gasteiger partial charge in [-0.2, -0.15) is 5.26 Å². The van der Waals surface area contributed by atoms with Gasteiger partial charge >= 0.3 is 0 Å². The summed E-state index contributed by atoms with van der Waals surface area (Å²) in [7, 11) is 0. The molecule has 4 aromatic rings. The van der Waals surface area contributed by atoms with Crippen LogP contribution in [0, 0.1) is 11.3 Å². The zero-order valence-electron chi connectivity index (χ0n) is 15.5. The molecule has 1 aromatic heterocycles. The lowest BCUT2D eigenvalue weighted by Crippen LogP contribution is -1.98. The molecule has 4 nitrogen and oxygen atoms in total. The number of benzene rings is 3. The van der Waals surface area contributed by atoms with E-state index in [1.807, 2.05) is 36.4 Å². The number of nitrogens with zero attached hydrogens (tertiary/aromatic N) is 2. The summed E-state index contributed by atoms with van der Waals surface area (Å²) in [6.45, 7) is 0.284. The Morgan fingerprint density at radius 3 is 2.53 bits per heavy atom. The molecule has 1 heterocycles. The summed E-state index contributed by atoms with van der Waals surface area (Å²) in [4.78, 5) is 7.65. The lowest BCUT2D eigenvalue weighted by molar-refractivity contribution is 0.306. The Balaban J connectivity index is 1.71. The van der Waals surface area contributed by atoms with Gasteiger partial charge in [0.15, 0.2) is 0 Å². The molecule has 0 saturated carbocycles. The molecule has 0 aliphatic rings. The number of aromatic nitrogens is 2. The number of allylic oxidation sites excluding steroid dienone is 1. The summed E-state index contributed by atoms with van der Waals surface area (Å²) in [6.07, 6.45) is 1.66. The molecule has 0 fully saturated rings. The Labute approximate surface area is 188 Å². The predicted octanol–water partition coefficient (Wildman–Crippen LogP) is 7.17. The Bertz CT molecular complexity index is 1250. The maximum atomic E-state index is 9.73. The van der Waals surface area contributed by atoms with E-state index in [0.717, 1.165) is 16.6 Å². The van der Waals surface area contributed by atoms with Gasteiger partial charge in [-0.15, -0.1) is 0 Å². The Morgan fingerprint density at radius 2 is 1.80 bits per heavy atom. The number of rotatable bonds is 5. The van der Waals surface area contributed by atoms with E-state index < -0.39 is 0 Å². The molecule has 0 spiro atoms. The number of fused-ring (bicyclic) bond motifs is 1. The molecular formula is C23H14Cl3N3O. The van der Waals surface area contributed by atoms with Crippen LogP contribution in [0.5, 0.6) is 5.75 Å². The third kappa shape index (κ3) is 4.44. The molecule has 0 bridgehead atoms. The number of aromatic amines is 1. The van der Waals surface area contributed by atoms with Gasteiger partial charge in [0.1, 0.15) is 24.3 Å². The number of H-pyrrole nitrogens is 1. The van der Waals surface area contributed by atoms with Crippen LogP contribution in [0.25, 0.3) is 22.7 Å². The topological polar surface area (TPSA) is 61.7 Å². The van der Waals surface area contributed by atoms with Crippen LogP contribution in [0.2, 0.25) is 15.1 Å². The lowest BCUT2D eigenvalue weighted by Gasteiger charge is -2.12. The average molecular weight is 455 g/mol. The number of hydrogen-bond acceptors (Lipinski definition) is 3. The van der Waals surface area contributed by atoms with Gasteiger partial charge in [0.05, 0.1) is 21.6 Å². The number of imidazole rings is 1. The molecule has 4 rings (SSSR count). The first-order valence-corrected chi connectivity index (χ1v) is 10.1. The second-order valence-corrected chi connectivity index (χ2v) is 7.77. The average Bonchev–Trinajstić information content (AvgIpc) is 3.16. The van der Waals surface area contributed by atoms with Crippen LogP contribution in [0.1, 0.15) is 17.0 Å². The first-order chi connectivity index (χ1) is 14.5. The lowest BCUT2D eigenvalue weighted by atomic mass is 10.1. The summed E-state index contributed by atoms with van der Waals surface area (Å²) in [6, 6.07) is 20.4. The Morgan fingerprint density at radius 1 is 1.03 bits per heavy atom. The fourth-order valence-electron chi connectivity index (χ4n) is 2.97. The third-order valence-corrected chi connectivity index (χ3v) is 5.15. The van der Waals surface area contributed by atoms with E-state index in [0.29, 0.717) is 37.8 Å². The number of para-hydroxylation sites is 2. The monoisotopic (exact) mass is 453 g/mol. The largest absolute Gasteiger partial charge is 0.487 e. The van der Waals surface area contributed by atoms with Crippen LogP contribution in [0.4, 0.5) is 0 Å². The summed E-state index contributed by atoms with van der Waals surface area (Å²) in [5.41, 5.74) is 3.46. The molecular weight excluding hydrogens is 441 g/mol. The van der Waals surface area contributed by atoms with Crippen molar-refractivity contribution in [1.82, 2.24) is 9.97 Å². The van der Waals surface area contributed by atoms with E-state index in [4.69, 9.17) is 39.5 Å². The first kappa shape index (κ1) is 20.3. The highest BCUT2D eigenvalue weighted by Gasteiger charge is 2.14. The molecule has 3 aromatic carbocycles. The van der Waals surface area contributed by atoms with Crippen LogP contribution in [0.15, 0.2) is 60.7 Å². The van der Waals surface area contributed by atoms with E-state index in [2.05, 4.69) is 16.0 Å². The Kier molecular flexibility index (Phi) is 5.96. The van der Waals surface area contributed by atoms with Gasteiger partial charge in [0, 0.05) is 15.6 Å². The molecule has 0 aliphatic heterocycles. The van der Waals surface area contributed by atoms with Crippen LogP contribution < -0.4 is 4.74 Å². The molecule has 0 aliphatic carbocycles. The van der Waals surface area contributed by atoms with Crippen molar-refractivity contribution >= 4 is 57.5 Å². The van der Waals surface area contributed by atoms with Crippen molar-refractivity contribution in [2.75, 3.05) is 0 Å². The third-order valence-electron chi connectivity index (χ3n) is 4.40. The van der Waals surface area contributed by atoms with E-state index in [9.17, 15) is 5.26 Å². The molecule has 7 heteroatoms. The number of ether oxygens (including phenoxy) is 1. The van der Waals surface area contributed by atoms with Crippen molar-refractivity contribution in [1.29, 1.82) is 5.26 Å².